The molecule has 0 radical (unpaired) electrons. The molecule has 0 saturated carbocycles. The van der Waals surface area contributed by atoms with Gasteiger partial charge < -0.3 is 14.9 Å². The van der Waals surface area contributed by atoms with Gasteiger partial charge in [0.25, 0.3) is 0 Å². The van der Waals surface area contributed by atoms with Crippen molar-refractivity contribution in [2.24, 2.45) is 0 Å². The number of hydrogen-bond donors (Lipinski definition) is 2. The van der Waals surface area contributed by atoms with Gasteiger partial charge in [-0.3, -0.25) is 14.5 Å². The number of carbonyl (C=O) groups is 2. The number of unbranched alkanes of at least 4 members (excludes halogenated alkanes) is 3. The molecule has 0 spiro atoms. The van der Waals surface area contributed by atoms with Crippen LogP contribution in [0, 0.1) is 0 Å². The Morgan fingerprint density at radius 3 is 2.05 bits per heavy atom. The van der Waals surface area contributed by atoms with Crippen molar-refractivity contribution in [1.82, 2.24) is 4.90 Å². The van der Waals surface area contributed by atoms with Gasteiger partial charge in [-0.15, -0.1) is 0 Å². The third kappa shape index (κ3) is 13.1. The lowest BCUT2D eigenvalue weighted by molar-refractivity contribution is -0.141. The van der Waals surface area contributed by atoms with Gasteiger partial charge in [0.2, 0.25) is 0 Å². The number of hydrogen-bond acceptors (Lipinski definition) is 4. The number of nitrogens with zero attached hydrogens (tertiary/aromatic N) is 1. The zero-order chi connectivity index (χ0) is 14.5. The molecule has 0 saturated heterocycles. The topological polar surface area (TPSA) is 87.1 Å². The summed E-state index contributed by atoms with van der Waals surface area (Å²) >= 11 is 0. The fourth-order valence-electron chi connectivity index (χ4n) is 1.72. The maximum atomic E-state index is 10.6. The monoisotopic (exact) mass is 275 g/mol. The molecule has 6 nitrogen and oxygen atoms in total. The smallest absolute Gasteiger partial charge is 0.317 e. The van der Waals surface area contributed by atoms with Gasteiger partial charge in [0, 0.05) is 19.8 Å². The molecule has 0 aliphatic rings. The zero-order valence-corrected chi connectivity index (χ0v) is 11.6. The van der Waals surface area contributed by atoms with Crippen molar-refractivity contribution in [3.63, 3.8) is 0 Å². The SMILES string of the molecule is CCCCCCOCCCN(CC(=O)O)CC(=O)O. The van der Waals surface area contributed by atoms with Crippen LogP contribution in [0.2, 0.25) is 0 Å². The second-order valence-corrected chi connectivity index (χ2v) is 4.52. The summed E-state index contributed by atoms with van der Waals surface area (Å²) in [4.78, 5) is 22.5. The predicted molar refractivity (Wildman–Crippen MR) is 71.3 cm³/mol. The molecule has 0 bridgehead atoms. The minimum absolute atomic E-state index is 0.247. The summed E-state index contributed by atoms with van der Waals surface area (Å²) in [5, 5.41) is 17.3. The summed E-state index contributed by atoms with van der Waals surface area (Å²) in [5.74, 6) is -2.02. The minimum Gasteiger partial charge on any atom is -0.480 e. The summed E-state index contributed by atoms with van der Waals surface area (Å²) in [5.41, 5.74) is 0. The van der Waals surface area contributed by atoms with Gasteiger partial charge >= 0.3 is 11.9 Å². The number of rotatable bonds is 13. The highest BCUT2D eigenvalue weighted by atomic mass is 16.5. The van der Waals surface area contributed by atoms with Crippen molar-refractivity contribution < 1.29 is 24.5 Å². The number of ether oxygens (including phenoxy) is 1. The molecule has 0 fully saturated rings. The van der Waals surface area contributed by atoms with Crippen LogP contribution < -0.4 is 0 Å². The minimum atomic E-state index is -1.01. The highest BCUT2D eigenvalue weighted by Gasteiger charge is 2.12. The quantitative estimate of drug-likeness (QED) is 0.495. The van der Waals surface area contributed by atoms with Crippen molar-refractivity contribution in [3.8, 4) is 0 Å². The van der Waals surface area contributed by atoms with E-state index in [2.05, 4.69) is 6.92 Å². The zero-order valence-electron chi connectivity index (χ0n) is 11.6. The molecule has 0 unspecified atom stereocenters. The van der Waals surface area contributed by atoms with E-state index in [1.54, 1.807) is 0 Å². The van der Waals surface area contributed by atoms with E-state index in [0.29, 0.717) is 19.6 Å². The lowest BCUT2D eigenvalue weighted by atomic mass is 10.2. The van der Waals surface area contributed by atoms with E-state index in [1.807, 2.05) is 0 Å². The number of aliphatic carboxylic acids is 2. The van der Waals surface area contributed by atoms with E-state index < -0.39 is 11.9 Å². The van der Waals surface area contributed by atoms with Crippen LogP contribution in [0.5, 0.6) is 0 Å². The average Bonchev–Trinajstić information content (AvgIpc) is 2.30. The molecular weight excluding hydrogens is 250 g/mol. The molecule has 0 aliphatic heterocycles. The molecule has 0 amide bonds. The summed E-state index contributed by atoms with van der Waals surface area (Å²) in [6.07, 6.45) is 5.27. The molecule has 0 aliphatic carbocycles. The normalized spacial score (nSPS) is 10.8. The Morgan fingerprint density at radius 1 is 0.947 bits per heavy atom. The fourth-order valence-corrected chi connectivity index (χ4v) is 1.72. The first-order chi connectivity index (χ1) is 9.06. The van der Waals surface area contributed by atoms with Gasteiger partial charge in [0.15, 0.2) is 0 Å². The lowest BCUT2D eigenvalue weighted by Gasteiger charge is -2.17. The molecule has 0 heterocycles. The van der Waals surface area contributed by atoms with Gasteiger partial charge in [-0.1, -0.05) is 26.2 Å². The lowest BCUT2D eigenvalue weighted by Crippen LogP contribution is -2.35. The Bertz CT molecular complexity index is 241. The Hall–Kier alpha value is -1.14. The van der Waals surface area contributed by atoms with Gasteiger partial charge in [0.05, 0.1) is 13.1 Å². The van der Waals surface area contributed by atoms with Crippen LogP contribution in [0.1, 0.15) is 39.0 Å². The number of carboxylic acid groups (broad SMARTS) is 2. The summed E-state index contributed by atoms with van der Waals surface area (Å²) in [6, 6.07) is 0. The van der Waals surface area contributed by atoms with Gasteiger partial charge in [-0.25, -0.2) is 0 Å². The Labute approximate surface area is 114 Å². The Morgan fingerprint density at radius 2 is 1.53 bits per heavy atom. The number of carboxylic acids is 2. The Balaban J connectivity index is 3.57. The third-order valence-electron chi connectivity index (χ3n) is 2.62. The van der Waals surface area contributed by atoms with Crippen molar-refractivity contribution in [2.75, 3.05) is 32.8 Å². The second kappa shape index (κ2) is 11.9. The van der Waals surface area contributed by atoms with Crippen LogP contribution >= 0.6 is 0 Å². The molecule has 0 aromatic rings. The molecule has 0 aromatic heterocycles. The molecule has 0 aromatic carbocycles. The maximum Gasteiger partial charge on any atom is 0.317 e. The molecule has 19 heavy (non-hydrogen) atoms. The first kappa shape index (κ1) is 17.9. The summed E-state index contributed by atoms with van der Waals surface area (Å²) < 4.78 is 5.42. The molecule has 6 heteroatoms. The third-order valence-corrected chi connectivity index (χ3v) is 2.62. The first-order valence-corrected chi connectivity index (χ1v) is 6.80. The van der Waals surface area contributed by atoms with Crippen LogP contribution in [-0.4, -0.2) is 59.9 Å². The maximum absolute atomic E-state index is 10.6. The van der Waals surface area contributed by atoms with Crippen LogP contribution in [0.3, 0.4) is 0 Å². The fraction of sp³-hybridized carbons (Fsp3) is 0.846. The molecular formula is C13H25NO5. The van der Waals surface area contributed by atoms with Crippen LogP contribution in [0.15, 0.2) is 0 Å². The largest absolute Gasteiger partial charge is 0.480 e. The van der Waals surface area contributed by atoms with Crippen molar-refractivity contribution >= 4 is 11.9 Å². The Kier molecular flexibility index (Phi) is 11.2. The van der Waals surface area contributed by atoms with Gasteiger partial charge in [-0.2, -0.15) is 0 Å². The standard InChI is InChI=1S/C13H25NO5/c1-2-3-4-5-8-19-9-6-7-14(10-12(15)16)11-13(17)18/h2-11H2,1H3,(H,15,16)(H,17,18). The van der Waals surface area contributed by atoms with Crippen LogP contribution in [0.4, 0.5) is 0 Å². The molecule has 2 N–H and O–H groups in total. The summed E-state index contributed by atoms with van der Waals surface area (Å²) in [6.45, 7) is 3.35. The highest BCUT2D eigenvalue weighted by Crippen LogP contribution is 1.99. The molecule has 112 valence electrons. The van der Waals surface area contributed by atoms with E-state index in [9.17, 15) is 9.59 Å². The van der Waals surface area contributed by atoms with E-state index in [4.69, 9.17) is 14.9 Å². The predicted octanol–water partition coefficient (Wildman–Crippen LogP) is 1.44. The van der Waals surface area contributed by atoms with Gasteiger partial charge in [0.1, 0.15) is 0 Å². The summed E-state index contributed by atoms with van der Waals surface area (Å²) in [7, 11) is 0. The van der Waals surface area contributed by atoms with Crippen LogP contribution in [-0.2, 0) is 14.3 Å². The van der Waals surface area contributed by atoms with Crippen molar-refractivity contribution in [3.05, 3.63) is 0 Å². The van der Waals surface area contributed by atoms with E-state index in [0.717, 1.165) is 13.0 Å². The second-order valence-electron chi connectivity index (χ2n) is 4.52. The highest BCUT2D eigenvalue weighted by molar-refractivity contribution is 5.72. The van der Waals surface area contributed by atoms with Crippen molar-refractivity contribution in [1.29, 1.82) is 0 Å². The van der Waals surface area contributed by atoms with Crippen LogP contribution in [0.25, 0.3) is 0 Å². The van der Waals surface area contributed by atoms with Crippen molar-refractivity contribution in [2.45, 2.75) is 39.0 Å². The first-order valence-electron chi connectivity index (χ1n) is 6.80. The molecule has 0 rings (SSSR count). The van der Waals surface area contributed by atoms with E-state index in [1.165, 1.54) is 24.2 Å². The molecule has 0 atom stereocenters. The van der Waals surface area contributed by atoms with Gasteiger partial charge in [-0.05, 0) is 12.8 Å². The van der Waals surface area contributed by atoms with E-state index >= 15 is 0 Å². The average molecular weight is 275 g/mol. The van der Waals surface area contributed by atoms with E-state index in [-0.39, 0.29) is 13.1 Å².